The molecule has 1 aliphatic heterocycles. The second-order valence-electron chi connectivity index (χ2n) is 7.41. The summed E-state index contributed by atoms with van der Waals surface area (Å²) in [6.45, 7) is 1.81. The highest BCUT2D eigenvalue weighted by Crippen LogP contribution is 2.62. The van der Waals surface area contributed by atoms with E-state index in [1.807, 2.05) is 0 Å². The zero-order valence-electron chi connectivity index (χ0n) is 12.6. The lowest BCUT2D eigenvalue weighted by Gasteiger charge is -2.35. The maximum Gasteiger partial charge on any atom is 0.253 e. The zero-order valence-corrected chi connectivity index (χ0v) is 12.6. The summed E-state index contributed by atoms with van der Waals surface area (Å²) in [6.07, 6.45) is 8.11. The zero-order chi connectivity index (χ0) is 14.6. The van der Waals surface area contributed by atoms with Gasteiger partial charge in [-0.05, 0) is 74.8 Å². The Kier molecular flexibility index (Phi) is 3.18. The Morgan fingerprint density at radius 2 is 1.86 bits per heavy atom. The summed E-state index contributed by atoms with van der Waals surface area (Å²) >= 11 is 0. The van der Waals surface area contributed by atoms with E-state index < -0.39 is 0 Å². The van der Waals surface area contributed by atoms with Crippen LogP contribution in [0.15, 0.2) is 12.2 Å². The molecule has 3 aliphatic carbocycles. The van der Waals surface area contributed by atoms with Gasteiger partial charge in [0, 0.05) is 18.7 Å². The molecule has 2 bridgehead atoms. The Balaban J connectivity index is 1.44. The normalized spacial score (nSPS) is 44.1. The predicted molar refractivity (Wildman–Crippen MR) is 79.2 cm³/mol. The molecular formula is C17H24N2O2. The van der Waals surface area contributed by atoms with E-state index in [1.54, 1.807) is 0 Å². The maximum atomic E-state index is 11.8. The van der Waals surface area contributed by atoms with Gasteiger partial charge in [0.05, 0.1) is 0 Å². The molecular weight excluding hydrogens is 264 g/mol. The fraction of sp³-hybridized carbons (Fsp3) is 0.765. The van der Waals surface area contributed by atoms with Crippen molar-refractivity contribution in [3.63, 3.8) is 0 Å². The van der Waals surface area contributed by atoms with Gasteiger partial charge in [0.2, 0.25) is 0 Å². The van der Waals surface area contributed by atoms with Crippen LogP contribution in [0.25, 0.3) is 0 Å². The van der Waals surface area contributed by atoms with Crippen molar-refractivity contribution >= 4 is 11.8 Å². The number of hydrogen-bond acceptors (Lipinski definition) is 3. The van der Waals surface area contributed by atoms with Gasteiger partial charge >= 0.3 is 0 Å². The molecule has 4 nitrogen and oxygen atoms in total. The molecule has 114 valence electrons. The molecule has 3 fully saturated rings. The van der Waals surface area contributed by atoms with Gasteiger partial charge < -0.3 is 5.32 Å². The minimum absolute atomic E-state index is 0.112. The van der Waals surface area contributed by atoms with Crippen molar-refractivity contribution in [2.75, 3.05) is 20.1 Å². The molecule has 0 aromatic heterocycles. The van der Waals surface area contributed by atoms with Gasteiger partial charge in [-0.3, -0.25) is 14.5 Å². The van der Waals surface area contributed by atoms with Gasteiger partial charge in [-0.25, -0.2) is 0 Å². The lowest BCUT2D eigenvalue weighted by atomic mass is 9.73. The fourth-order valence-electron chi connectivity index (χ4n) is 5.97. The number of carbonyl (C=O) groups is 2. The molecule has 6 unspecified atom stereocenters. The molecule has 21 heavy (non-hydrogen) atoms. The maximum absolute atomic E-state index is 11.8. The topological polar surface area (TPSA) is 49.4 Å². The molecule has 0 radical (unpaired) electrons. The van der Waals surface area contributed by atoms with Crippen molar-refractivity contribution in [2.45, 2.75) is 25.7 Å². The molecule has 4 heteroatoms. The van der Waals surface area contributed by atoms with Crippen LogP contribution < -0.4 is 5.32 Å². The fourth-order valence-corrected chi connectivity index (χ4v) is 5.97. The molecule has 0 aromatic carbocycles. The lowest BCUT2D eigenvalue weighted by molar-refractivity contribution is -0.138. The first-order valence-electron chi connectivity index (χ1n) is 8.37. The molecule has 0 saturated heterocycles. The largest absolute Gasteiger partial charge is 0.319 e. The monoisotopic (exact) mass is 288 g/mol. The molecule has 1 heterocycles. The highest BCUT2D eigenvalue weighted by molar-refractivity contribution is 6.12. The van der Waals surface area contributed by atoms with Gasteiger partial charge in [0.15, 0.2) is 0 Å². The third-order valence-corrected chi connectivity index (χ3v) is 6.57. The van der Waals surface area contributed by atoms with Crippen LogP contribution in [0.2, 0.25) is 0 Å². The van der Waals surface area contributed by atoms with Crippen molar-refractivity contribution in [1.82, 2.24) is 10.2 Å². The van der Waals surface area contributed by atoms with Crippen molar-refractivity contribution < 1.29 is 9.59 Å². The second kappa shape index (κ2) is 4.94. The Hall–Kier alpha value is -1.16. The predicted octanol–water partition coefficient (Wildman–Crippen LogP) is 1.43. The molecule has 2 amide bonds. The van der Waals surface area contributed by atoms with Gasteiger partial charge in [-0.1, -0.05) is 0 Å². The van der Waals surface area contributed by atoms with Gasteiger partial charge in [0.1, 0.15) is 0 Å². The average molecular weight is 288 g/mol. The highest BCUT2D eigenvalue weighted by Gasteiger charge is 2.57. The summed E-state index contributed by atoms with van der Waals surface area (Å²) < 4.78 is 0. The van der Waals surface area contributed by atoms with Gasteiger partial charge in [-0.2, -0.15) is 0 Å². The number of fused-ring (bicyclic) bond motifs is 5. The summed E-state index contributed by atoms with van der Waals surface area (Å²) in [5.41, 5.74) is 0. The van der Waals surface area contributed by atoms with Crippen LogP contribution in [-0.4, -0.2) is 36.9 Å². The number of nitrogens with zero attached hydrogens (tertiary/aromatic N) is 1. The van der Waals surface area contributed by atoms with E-state index in [-0.39, 0.29) is 11.8 Å². The first-order chi connectivity index (χ1) is 10.2. The Morgan fingerprint density at radius 3 is 2.57 bits per heavy atom. The van der Waals surface area contributed by atoms with Crippen LogP contribution >= 0.6 is 0 Å². The number of hydrogen-bond donors (Lipinski definition) is 1. The van der Waals surface area contributed by atoms with Crippen molar-refractivity contribution in [3.05, 3.63) is 12.2 Å². The Labute approximate surface area is 125 Å². The second-order valence-corrected chi connectivity index (χ2v) is 7.41. The third kappa shape index (κ3) is 1.99. The molecule has 4 rings (SSSR count). The van der Waals surface area contributed by atoms with Crippen LogP contribution in [-0.2, 0) is 9.59 Å². The average Bonchev–Trinajstić information content (AvgIpc) is 3.18. The molecule has 0 spiro atoms. The van der Waals surface area contributed by atoms with Crippen molar-refractivity contribution in [1.29, 1.82) is 0 Å². The summed E-state index contributed by atoms with van der Waals surface area (Å²) in [4.78, 5) is 25.0. The number of rotatable bonds is 4. The van der Waals surface area contributed by atoms with Crippen LogP contribution in [0.5, 0.6) is 0 Å². The Morgan fingerprint density at radius 1 is 1.10 bits per heavy atom. The minimum atomic E-state index is -0.112. The molecule has 0 aromatic rings. The lowest BCUT2D eigenvalue weighted by Crippen LogP contribution is -2.39. The van der Waals surface area contributed by atoms with Crippen molar-refractivity contribution in [3.8, 4) is 0 Å². The quantitative estimate of drug-likeness (QED) is 0.796. The molecule has 3 saturated carbocycles. The third-order valence-electron chi connectivity index (χ3n) is 6.57. The Bertz CT molecular complexity index is 483. The van der Waals surface area contributed by atoms with E-state index >= 15 is 0 Å². The summed E-state index contributed by atoms with van der Waals surface area (Å²) in [7, 11) is 2.06. The standard InChI is InChI=1S/C17H24N2O2/c1-18-8-10-2-3-13-14-7-11(17(10)13)6-12(14)9-19-15(20)4-5-16(19)21/h4-5,10-14,17-18H,2-3,6-9H2,1H3. The van der Waals surface area contributed by atoms with Gasteiger partial charge in [-0.15, -0.1) is 0 Å². The van der Waals surface area contributed by atoms with Gasteiger partial charge in [0.25, 0.3) is 11.8 Å². The smallest absolute Gasteiger partial charge is 0.253 e. The number of carbonyl (C=O) groups excluding carboxylic acids is 2. The van der Waals surface area contributed by atoms with E-state index in [9.17, 15) is 9.59 Å². The number of amides is 2. The summed E-state index contributed by atoms with van der Waals surface area (Å²) in [6, 6.07) is 0. The number of nitrogens with one attached hydrogen (secondary N) is 1. The van der Waals surface area contributed by atoms with Crippen LogP contribution in [0.4, 0.5) is 0 Å². The SMILES string of the molecule is CNCC1CCC2C3CC(CC3CN3C(=O)C=CC3=O)C12. The van der Waals surface area contributed by atoms with E-state index in [0.717, 1.165) is 36.1 Å². The van der Waals surface area contributed by atoms with E-state index in [4.69, 9.17) is 0 Å². The highest BCUT2D eigenvalue weighted by atomic mass is 16.2. The summed E-state index contributed by atoms with van der Waals surface area (Å²) in [5, 5.41) is 3.36. The van der Waals surface area contributed by atoms with Crippen LogP contribution in [0.3, 0.4) is 0 Å². The van der Waals surface area contributed by atoms with E-state index in [0.29, 0.717) is 12.5 Å². The molecule has 6 atom stereocenters. The van der Waals surface area contributed by atoms with Crippen molar-refractivity contribution in [2.24, 2.45) is 35.5 Å². The molecule has 4 aliphatic rings. The first-order valence-corrected chi connectivity index (χ1v) is 8.37. The van der Waals surface area contributed by atoms with Crippen LogP contribution in [0, 0.1) is 35.5 Å². The number of imide groups is 1. The van der Waals surface area contributed by atoms with E-state index in [2.05, 4.69) is 12.4 Å². The van der Waals surface area contributed by atoms with Crippen LogP contribution in [0.1, 0.15) is 25.7 Å². The summed E-state index contributed by atoms with van der Waals surface area (Å²) in [5.74, 6) is 4.53. The molecule has 1 N–H and O–H groups in total. The van der Waals surface area contributed by atoms with E-state index in [1.165, 1.54) is 42.7 Å². The minimum Gasteiger partial charge on any atom is -0.319 e. The first kappa shape index (κ1) is 13.5.